The normalized spacial score (nSPS) is 12.1. The minimum absolute atomic E-state index is 0.132. The van der Waals surface area contributed by atoms with Gasteiger partial charge in [0, 0.05) is 5.69 Å². The molecule has 0 spiro atoms. The number of carboxylic acid groups (broad SMARTS) is 1. The maximum Gasteiger partial charge on any atom is 0.319 e. The fraction of sp³-hybridized carbons (Fsp3) is 0.300. The molecule has 0 unspecified atom stereocenters. The standard InChI is InChI=1S/C20H25N3O4/c1-23(2,3)14-16(13-19(24)25)22-20(26)21-15-9-11-18(12-10-15)27-17-7-5-4-6-8-17/h4-12,16H,13-14H2,1-3H3,(H2-,21,22,24,25,26)/p+1/t16-/m1/s1. The molecule has 3 N–H and O–H groups in total. The number of para-hydroxylation sites is 1. The largest absolute Gasteiger partial charge is 0.481 e. The number of likely N-dealkylation sites (N-methyl/N-ethyl adjacent to an activating group) is 1. The SMILES string of the molecule is C[N+](C)(C)C[C@@H](CC(=O)O)NC(=O)Nc1ccc(Oc2ccccc2)cc1. The molecular formula is C20H26N3O4+. The summed E-state index contributed by atoms with van der Waals surface area (Å²) in [6, 6.07) is 15.5. The van der Waals surface area contributed by atoms with Crippen LogP contribution >= 0.6 is 0 Å². The van der Waals surface area contributed by atoms with Gasteiger partial charge in [-0.2, -0.15) is 0 Å². The van der Waals surface area contributed by atoms with E-state index >= 15 is 0 Å². The number of ether oxygens (including phenoxy) is 1. The van der Waals surface area contributed by atoms with Crippen LogP contribution in [0.3, 0.4) is 0 Å². The van der Waals surface area contributed by atoms with E-state index in [1.807, 2.05) is 51.5 Å². The predicted octanol–water partition coefficient (Wildman–Crippen LogP) is 3.15. The van der Waals surface area contributed by atoms with Crippen molar-refractivity contribution in [3.63, 3.8) is 0 Å². The Kier molecular flexibility index (Phi) is 6.79. The number of carbonyl (C=O) groups is 2. The van der Waals surface area contributed by atoms with Gasteiger partial charge in [0.25, 0.3) is 0 Å². The molecule has 0 radical (unpaired) electrons. The molecule has 2 aromatic carbocycles. The number of rotatable bonds is 8. The Morgan fingerprint density at radius 1 is 1.00 bits per heavy atom. The maximum absolute atomic E-state index is 12.2. The smallest absolute Gasteiger partial charge is 0.319 e. The summed E-state index contributed by atoms with van der Waals surface area (Å²) < 4.78 is 6.25. The first-order valence-corrected chi connectivity index (χ1v) is 8.64. The summed E-state index contributed by atoms with van der Waals surface area (Å²) in [4.78, 5) is 23.2. The lowest BCUT2D eigenvalue weighted by atomic mass is 10.2. The summed E-state index contributed by atoms with van der Waals surface area (Å²) >= 11 is 0. The van der Waals surface area contributed by atoms with E-state index in [2.05, 4.69) is 10.6 Å². The number of hydrogen-bond donors (Lipinski definition) is 3. The van der Waals surface area contributed by atoms with Gasteiger partial charge in [-0.15, -0.1) is 0 Å². The van der Waals surface area contributed by atoms with E-state index < -0.39 is 18.0 Å². The molecule has 0 heterocycles. The molecule has 27 heavy (non-hydrogen) atoms. The Balaban J connectivity index is 1.92. The molecule has 2 amide bonds. The van der Waals surface area contributed by atoms with E-state index in [1.165, 1.54) is 0 Å². The number of quaternary nitrogens is 1. The Labute approximate surface area is 159 Å². The first-order valence-electron chi connectivity index (χ1n) is 8.64. The highest BCUT2D eigenvalue weighted by atomic mass is 16.5. The fourth-order valence-corrected chi connectivity index (χ4v) is 2.62. The van der Waals surface area contributed by atoms with E-state index in [1.54, 1.807) is 24.3 Å². The quantitative estimate of drug-likeness (QED) is 0.621. The zero-order valence-electron chi connectivity index (χ0n) is 15.8. The molecule has 0 aliphatic heterocycles. The van der Waals surface area contributed by atoms with E-state index in [0.717, 1.165) is 5.75 Å². The number of carboxylic acids is 1. The van der Waals surface area contributed by atoms with Gasteiger partial charge in [-0.25, -0.2) is 4.79 Å². The van der Waals surface area contributed by atoms with Crippen LogP contribution in [-0.4, -0.2) is 55.3 Å². The Hall–Kier alpha value is -3.06. The lowest BCUT2D eigenvalue weighted by Gasteiger charge is -2.29. The molecule has 1 atom stereocenters. The van der Waals surface area contributed by atoms with E-state index in [-0.39, 0.29) is 6.42 Å². The highest BCUT2D eigenvalue weighted by Crippen LogP contribution is 2.22. The monoisotopic (exact) mass is 372 g/mol. The van der Waals surface area contributed by atoms with Gasteiger partial charge in [-0.05, 0) is 36.4 Å². The van der Waals surface area contributed by atoms with Gasteiger partial charge >= 0.3 is 12.0 Å². The molecule has 2 aromatic rings. The minimum atomic E-state index is -0.948. The van der Waals surface area contributed by atoms with Crippen LogP contribution in [0.4, 0.5) is 10.5 Å². The minimum Gasteiger partial charge on any atom is -0.481 e. The van der Waals surface area contributed by atoms with Crippen LogP contribution in [0.15, 0.2) is 54.6 Å². The van der Waals surface area contributed by atoms with Crippen molar-refractivity contribution in [2.24, 2.45) is 0 Å². The van der Waals surface area contributed by atoms with E-state index in [4.69, 9.17) is 9.84 Å². The third kappa shape index (κ3) is 7.79. The summed E-state index contributed by atoms with van der Waals surface area (Å²) in [7, 11) is 5.83. The fourth-order valence-electron chi connectivity index (χ4n) is 2.62. The first-order chi connectivity index (χ1) is 12.7. The molecule has 0 aliphatic carbocycles. The van der Waals surface area contributed by atoms with Crippen molar-refractivity contribution in [3.8, 4) is 11.5 Å². The second-order valence-electron chi connectivity index (χ2n) is 7.31. The number of nitrogens with zero attached hydrogens (tertiary/aromatic N) is 1. The summed E-state index contributed by atoms with van der Waals surface area (Å²) in [5.41, 5.74) is 0.590. The van der Waals surface area contributed by atoms with Gasteiger partial charge in [0.1, 0.15) is 11.5 Å². The molecule has 144 valence electrons. The second-order valence-corrected chi connectivity index (χ2v) is 7.31. The molecule has 0 aliphatic rings. The van der Waals surface area contributed by atoms with Crippen molar-refractivity contribution >= 4 is 17.7 Å². The molecule has 7 nitrogen and oxygen atoms in total. The van der Waals surface area contributed by atoms with Crippen molar-refractivity contribution in [1.29, 1.82) is 0 Å². The zero-order chi connectivity index (χ0) is 19.9. The summed E-state index contributed by atoms with van der Waals surface area (Å²) in [6.07, 6.45) is -0.132. The van der Waals surface area contributed by atoms with Crippen LogP contribution in [0, 0.1) is 0 Å². The third-order valence-electron chi connectivity index (χ3n) is 3.62. The predicted molar refractivity (Wildman–Crippen MR) is 104 cm³/mol. The van der Waals surface area contributed by atoms with Gasteiger partial charge in [0.2, 0.25) is 0 Å². The molecule has 0 bridgehead atoms. The molecule has 7 heteroatoms. The summed E-state index contributed by atoms with van der Waals surface area (Å²) in [5, 5.41) is 14.5. The van der Waals surface area contributed by atoms with Crippen LogP contribution in [0.1, 0.15) is 6.42 Å². The number of amides is 2. The van der Waals surface area contributed by atoms with Crippen molar-refractivity contribution in [1.82, 2.24) is 5.32 Å². The summed E-state index contributed by atoms with van der Waals surface area (Å²) in [5.74, 6) is 0.435. The van der Waals surface area contributed by atoms with Gasteiger partial charge in [0.15, 0.2) is 0 Å². The molecule has 2 rings (SSSR count). The second kappa shape index (κ2) is 9.05. The van der Waals surface area contributed by atoms with Crippen molar-refractivity contribution in [2.75, 3.05) is 33.0 Å². The topological polar surface area (TPSA) is 87.7 Å². The Morgan fingerprint density at radius 3 is 2.15 bits per heavy atom. The lowest BCUT2D eigenvalue weighted by Crippen LogP contribution is -2.50. The number of anilines is 1. The third-order valence-corrected chi connectivity index (χ3v) is 3.62. The first kappa shape index (κ1) is 20.3. The average Bonchev–Trinajstić information content (AvgIpc) is 2.55. The van der Waals surface area contributed by atoms with Gasteiger partial charge in [-0.3, -0.25) is 4.79 Å². The Bertz CT molecular complexity index is 755. The van der Waals surface area contributed by atoms with Gasteiger partial charge in [0.05, 0.1) is 40.2 Å². The highest BCUT2D eigenvalue weighted by molar-refractivity contribution is 5.89. The van der Waals surface area contributed by atoms with Crippen LogP contribution < -0.4 is 15.4 Å². The van der Waals surface area contributed by atoms with Crippen LogP contribution in [0.5, 0.6) is 11.5 Å². The van der Waals surface area contributed by atoms with E-state index in [0.29, 0.717) is 22.5 Å². The van der Waals surface area contributed by atoms with Crippen LogP contribution in [0.25, 0.3) is 0 Å². The number of hydrogen-bond acceptors (Lipinski definition) is 3. The maximum atomic E-state index is 12.2. The number of aliphatic carboxylic acids is 1. The molecule has 0 saturated heterocycles. The van der Waals surface area contributed by atoms with Crippen LogP contribution in [0.2, 0.25) is 0 Å². The van der Waals surface area contributed by atoms with Gasteiger partial charge < -0.3 is 25.0 Å². The van der Waals surface area contributed by atoms with Crippen molar-refractivity contribution < 1.29 is 23.9 Å². The van der Waals surface area contributed by atoms with Gasteiger partial charge in [-0.1, -0.05) is 18.2 Å². The van der Waals surface area contributed by atoms with E-state index in [9.17, 15) is 9.59 Å². The molecule has 0 fully saturated rings. The van der Waals surface area contributed by atoms with Crippen molar-refractivity contribution in [2.45, 2.75) is 12.5 Å². The number of urea groups is 1. The van der Waals surface area contributed by atoms with Crippen molar-refractivity contribution in [3.05, 3.63) is 54.6 Å². The summed E-state index contributed by atoms with van der Waals surface area (Å²) in [6.45, 7) is 0.504. The number of nitrogens with one attached hydrogen (secondary N) is 2. The zero-order valence-corrected chi connectivity index (χ0v) is 15.8. The Morgan fingerprint density at radius 2 is 1.59 bits per heavy atom. The molecular weight excluding hydrogens is 346 g/mol. The average molecular weight is 372 g/mol. The highest BCUT2D eigenvalue weighted by Gasteiger charge is 2.22. The van der Waals surface area contributed by atoms with Crippen LogP contribution in [-0.2, 0) is 4.79 Å². The lowest BCUT2D eigenvalue weighted by molar-refractivity contribution is -0.871. The molecule has 0 saturated carbocycles. The number of carbonyl (C=O) groups excluding carboxylic acids is 1. The number of benzene rings is 2. The molecule has 0 aromatic heterocycles.